The Morgan fingerprint density at radius 2 is 1.56 bits per heavy atom. The first-order chi connectivity index (χ1) is 18.7. The van der Waals surface area contributed by atoms with Crippen LogP contribution in [0.5, 0.6) is 0 Å². The van der Waals surface area contributed by atoms with Crippen LogP contribution in [0, 0.1) is 46.3 Å². The average Bonchev–Trinajstić information content (AvgIpc) is 3.28. The van der Waals surface area contributed by atoms with Gasteiger partial charge in [-0.25, -0.2) is 0 Å². The minimum absolute atomic E-state index is 0.0475. The van der Waals surface area contributed by atoms with E-state index in [-0.39, 0.29) is 12.0 Å². The highest BCUT2D eigenvalue weighted by atomic mass is 16.3. The van der Waals surface area contributed by atoms with E-state index in [2.05, 4.69) is 44.8 Å². The van der Waals surface area contributed by atoms with Gasteiger partial charge in [0.25, 0.3) is 0 Å². The first-order valence-electron chi connectivity index (χ1n) is 17.4. The summed E-state index contributed by atoms with van der Waals surface area (Å²) < 4.78 is 0. The van der Waals surface area contributed by atoms with Crippen molar-refractivity contribution >= 4 is 5.91 Å². The van der Waals surface area contributed by atoms with E-state index in [1.807, 2.05) is 0 Å². The lowest BCUT2D eigenvalue weighted by atomic mass is 9.44. The maximum Gasteiger partial charge on any atom is 0.220 e. The Morgan fingerprint density at radius 1 is 0.897 bits per heavy atom. The number of unbranched alkanes of at least 4 members (excludes halogenated alkanes) is 2. The van der Waals surface area contributed by atoms with Crippen LogP contribution in [0.3, 0.4) is 0 Å². The van der Waals surface area contributed by atoms with Crippen LogP contribution in [0.2, 0.25) is 0 Å². The Balaban J connectivity index is 1.22. The van der Waals surface area contributed by atoms with Crippen molar-refractivity contribution in [2.24, 2.45) is 46.3 Å². The predicted molar refractivity (Wildman–Crippen MR) is 164 cm³/mol. The van der Waals surface area contributed by atoms with Crippen molar-refractivity contribution < 1.29 is 9.90 Å². The van der Waals surface area contributed by atoms with Crippen LogP contribution in [0.15, 0.2) is 0 Å². The Kier molecular flexibility index (Phi) is 11.3. The third-order valence-corrected chi connectivity index (χ3v) is 12.9. The minimum atomic E-state index is -0.0475. The molecule has 226 valence electrons. The molecule has 1 amide bonds. The van der Waals surface area contributed by atoms with Crippen LogP contribution in [0.25, 0.3) is 0 Å². The number of rotatable bonds is 14. The van der Waals surface area contributed by atoms with Crippen molar-refractivity contribution in [3.05, 3.63) is 0 Å². The summed E-state index contributed by atoms with van der Waals surface area (Å²) in [6, 6.07) is 0. The van der Waals surface area contributed by atoms with Crippen LogP contribution >= 0.6 is 0 Å². The smallest absolute Gasteiger partial charge is 0.220 e. The van der Waals surface area contributed by atoms with E-state index in [1.54, 1.807) is 0 Å². The van der Waals surface area contributed by atoms with Crippen LogP contribution in [0.1, 0.15) is 137 Å². The van der Waals surface area contributed by atoms with E-state index in [4.69, 9.17) is 0 Å². The van der Waals surface area contributed by atoms with Crippen molar-refractivity contribution in [1.29, 1.82) is 0 Å². The van der Waals surface area contributed by atoms with Crippen molar-refractivity contribution in [2.45, 2.75) is 143 Å². The van der Waals surface area contributed by atoms with Crippen molar-refractivity contribution in [3.8, 4) is 0 Å². The molecule has 0 aromatic rings. The van der Waals surface area contributed by atoms with Gasteiger partial charge < -0.3 is 15.3 Å². The molecule has 0 spiro atoms. The minimum Gasteiger partial charge on any atom is -0.393 e. The molecule has 9 atom stereocenters. The van der Waals surface area contributed by atoms with Crippen LogP contribution in [-0.2, 0) is 4.79 Å². The van der Waals surface area contributed by atoms with E-state index in [1.165, 1.54) is 83.7 Å². The maximum absolute atomic E-state index is 12.8. The van der Waals surface area contributed by atoms with Gasteiger partial charge in [-0.2, -0.15) is 0 Å². The molecule has 4 aliphatic carbocycles. The summed E-state index contributed by atoms with van der Waals surface area (Å²) >= 11 is 0. The van der Waals surface area contributed by atoms with E-state index in [0.717, 1.165) is 68.4 Å². The molecule has 0 saturated heterocycles. The van der Waals surface area contributed by atoms with Gasteiger partial charge in [0.2, 0.25) is 5.91 Å². The third kappa shape index (κ3) is 7.07. The number of hydrogen-bond acceptors (Lipinski definition) is 3. The second kappa shape index (κ2) is 14.0. The Labute approximate surface area is 241 Å². The molecule has 4 saturated carbocycles. The van der Waals surface area contributed by atoms with E-state index in [9.17, 15) is 9.90 Å². The lowest BCUT2D eigenvalue weighted by molar-refractivity contribution is -0.129. The van der Waals surface area contributed by atoms with E-state index in [0.29, 0.717) is 23.2 Å². The first kappa shape index (κ1) is 31.3. The van der Waals surface area contributed by atoms with Crippen LogP contribution in [0.4, 0.5) is 0 Å². The van der Waals surface area contributed by atoms with Crippen molar-refractivity contribution in [1.82, 2.24) is 10.2 Å². The highest BCUT2D eigenvalue weighted by Gasteiger charge is 2.60. The van der Waals surface area contributed by atoms with Gasteiger partial charge in [0.15, 0.2) is 0 Å². The Morgan fingerprint density at radius 3 is 2.28 bits per heavy atom. The number of amides is 1. The maximum atomic E-state index is 12.8. The van der Waals surface area contributed by atoms with Gasteiger partial charge in [-0.15, -0.1) is 0 Å². The zero-order valence-electron chi connectivity index (χ0n) is 26.5. The molecule has 4 aliphatic rings. The van der Waals surface area contributed by atoms with Crippen LogP contribution < -0.4 is 5.32 Å². The Bertz CT molecular complexity index is 764. The van der Waals surface area contributed by atoms with Gasteiger partial charge in [-0.05, 0) is 149 Å². The van der Waals surface area contributed by atoms with Crippen molar-refractivity contribution in [2.75, 3.05) is 26.2 Å². The van der Waals surface area contributed by atoms with E-state index < -0.39 is 0 Å². The third-order valence-electron chi connectivity index (χ3n) is 12.9. The largest absolute Gasteiger partial charge is 0.393 e. The molecule has 4 nitrogen and oxygen atoms in total. The normalized spacial score (nSPS) is 38.6. The number of aliphatic hydroxyl groups is 1. The molecular weight excluding hydrogens is 480 g/mol. The molecule has 0 bridgehead atoms. The van der Waals surface area contributed by atoms with Crippen LogP contribution in [-0.4, -0.2) is 48.2 Å². The second-order valence-corrected chi connectivity index (χ2v) is 15.1. The molecule has 4 heteroatoms. The number of fused-ring (bicyclic) bond motifs is 5. The van der Waals surface area contributed by atoms with Gasteiger partial charge in [0, 0.05) is 13.0 Å². The molecule has 0 aliphatic heterocycles. The van der Waals surface area contributed by atoms with Crippen molar-refractivity contribution in [3.63, 3.8) is 0 Å². The topological polar surface area (TPSA) is 52.6 Å². The predicted octanol–water partition coefficient (Wildman–Crippen LogP) is 7.83. The number of nitrogens with zero attached hydrogens (tertiary/aromatic N) is 1. The molecule has 0 aromatic carbocycles. The molecule has 0 radical (unpaired) electrons. The van der Waals surface area contributed by atoms with Gasteiger partial charge in [-0.3, -0.25) is 4.79 Å². The zero-order valence-corrected chi connectivity index (χ0v) is 26.5. The summed E-state index contributed by atoms with van der Waals surface area (Å²) in [4.78, 5) is 15.3. The quantitative estimate of drug-likeness (QED) is 0.219. The number of aliphatic hydroxyl groups excluding tert-OH is 1. The number of carbonyl (C=O) groups excluding carboxylic acids is 1. The highest BCUT2D eigenvalue weighted by molar-refractivity contribution is 5.75. The fourth-order valence-electron chi connectivity index (χ4n) is 10.5. The molecule has 4 fully saturated rings. The second-order valence-electron chi connectivity index (χ2n) is 15.1. The number of carbonyl (C=O) groups is 1. The molecule has 0 heterocycles. The van der Waals surface area contributed by atoms with Gasteiger partial charge >= 0.3 is 0 Å². The molecule has 5 unspecified atom stereocenters. The number of nitrogens with one attached hydrogen (secondary N) is 1. The lowest BCUT2D eigenvalue weighted by Crippen LogP contribution is -2.54. The summed E-state index contributed by atoms with van der Waals surface area (Å²) in [5.41, 5.74) is 0.934. The fraction of sp³-hybridized carbons (Fsp3) is 0.971. The molecule has 2 N–H and O–H groups in total. The Hall–Kier alpha value is -0.610. The lowest BCUT2D eigenvalue weighted by Gasteiger charge is -2.61. The number of hydrogen-bond donors (Lipinski definition) is 2. The standard InChI is InChI=1S/C35H64N2O2/c1-6-8-22-37(23-9-7-2)24-10-21-36-33(39)16-11-26(3)30-14-15-31-29-13-12-27-25-28(38)17-19-34(27,4)32(29)18-20-35(30,31)5/h26-32,38H,6-25H2,1-5H3,(H,36,39)/t26?,27?,28-,29?,30-,31?,32?,34+,35-/m1/s1. The molecule has 0 aromatic heterocycles. The zero-order chi connectivity index (χ0) is 28.0. The summed E-state index contributed by atoms with van der Waals surface area (Å²) in [5.74, 6) is 5.09. The fourth-order valence-corrected chi connectivity index (χ4v) is 10.5. The molecule has 39 heavy (non-hydrogen) atoms. The summed E-state index contributed by atoms with van der Waals surface area (Å²) in [6.07, 6.45) is 19.5. The summed E-state index contributed by atoms with van der Waals surface area (Å²) in [6.45, 7) is 16.6. The highest BCUT2D eigenvalue weighted by Crippen LogP contribution is 2.68. The summed E-state index contributed by atoms with van der Waals surface area (Å²) in [5, 5.41) is 13.6. The SMILES string of the molecule is CCCCN(CCCC)CCCNC(=O)CCC(C)[C@H]1CCC2C3CCC4C[C@H](O)CC[C@]4(C)C3CC[C@@]21C. The van der Waals surface area contributed by atoms with Gasteiger partial charge in [-0.1, -0.05) is 47.5 Å². The monoisotopic (exact) mass is 544 g/mol. The first-order valence-corrected chi connectivity index (χ1v) is 17.4. The average molecular weight is 545 g/mol. The molecular formula is C35H64N2O2. The molecule has 4 rings (SSSR count). The van der Waals surface area contributed by atoms with Gasteiger partial charge in [0.1, 0.15) is 0 Å². The summed E-state index contributed by atoms with van der Waals surface area (Å²) in [7, 11) is 0. The van der Waals surface area contributed by atoms with E-state index >= 15 is 0 Å². The van der Waals surface area contributed by atoms with Gasteiger partial charge in [0.05, 0.1) is 6.10 Å².